The average molecular weight is 276 g/mol. The molecule has 0 atom stereocenters. The minimum Gasteiger partial charge on any atom is -0.395 e. The van der Waals surface area contributed by atoms with Gasteiger partial charge >= 0.3 is 0 Å². The molecule has 1 N–H and O–H groups in total. The Labute approximate surface area is 97.2 Å². The molecule has 1 aromatic carbocycles. The molecule has 14 heavy (non-hydrogen) atoms. The van der Waals surface area contributed by atoms with E-state index in [0.717, 1.165) is 22.3 Å². The van der Waals surface area contributed by atoms with Crippen LogP contribution < -0.4 is 0 Å². The summed E-state index contributed by atoms with van der Waals surface area (Å²) >= 11 is 9.38. The van der Waals surface area contributed by atoms with Crippen molar-refractivity contribution in [1.82, 2.24) is 0 Å². The maximum atomic E-state index is 9.43. The molecule has 0 heterocycles. The van der Waals surface area contributed by atoms with Gasteiger partial charge in [0.15, 0.2) is 0 Å². The van der Waals surface area contributed by atoms with Gasteiger partial charge in [-0.15, -0.1) is 0 Å². The van der Waals surface area contributed by atoms with Crippen molar-refractivity contribution in [2.24, 2.45) is 0 Å². The highest BCUT2D eigenvalue weighted by atomic mass is 79.9. The Balaban J connectivity index is 2.40. The zero-order valence-electron chi connectivity index (χ0n) is 7.76. The molecule has 0 aliphatic heterocycles. The van der Waals surface area contributed by atoms with Crippen LogP contribution in [0.5, 0.6) is 0 Å². The highest BCUT2D eigenvalue weighted by Gasteiger charge is 2.39. The lowest BCUT2D eigenvalue weighted by Gasteiger charge is -2.41. The third-order valence-electron chi connectivity index (χ3n) is 3.12. The maximum Gasteiger partial charge on any atom is 0.0528 e. The van der Waals surface area contributed by atoms with Crippen LogP contribution in [0, 0.1) is 0 Å². The minimum absolute atomic E-state index is 0.0105. The molecular formula is C11H12BrClO. The van der Waals surface area contributed by atoms with Gasteiger partial charge in [0, 0.05) is 14.9 Å². The van der Waals surface area contributed by atoms with Crippen LogP contribution in [0.1, 0.15) is 24.8 Å². The summed E-state index contributed by atoms with van der Waals surface area (Å²) in [6, 6.07) is 5.80. The largest absolute Gasteiger partial charge is 0.395 e. The van der Waals surface area contributed by atoms with Crippen molar-refractivity contribution in [3.63, 3.8) is 0 Å². The van der Waals surface area contributed by atoms with Crippen molar-refractivity contribution < 1.29 is 5.11 Å². The molecule has 1 aliphatic rings. The van der Waals surface area contributed by atoms with E-state index >= 15 is 0 Å². The summed E-state index contributed by atoms with van der Waals surface area (Å²) in [7, 11) is 0. The van der Waals surface area contributed by atoms with E-state index in [1.807, 2.05) is 18.2 Å². The molecule has 76 valence electrons. The van der Waals surface area contributed by atoms with Gasteiger partial charge in [0.1, 0.15) is 0 Å². The molecule has 1 nitrogen and oxygen atoms in total. The third-order valence-corrected chi connectivity index (χ3v) is 4.01. The summed E-state index contributed by atoms with van der Waals surface area (Å²) in [5, 5.41) is 10.2. The molecule has 0 spiro atoms. The number of benzene rings is 1. The predicted molar refractivity (Wildman–Crippen MR) is 61.8 cm³/mol. The van der Waals surface area contributed by atoms with Crippen molar-refractivity contribution in [1.29, 1.82) is 0 Å². The van der Waals surface area contributed by atoms with Gasteiger partial charge in [0.25, 0.3) is 0 Å². The Morgan fingerprint density at radius 1 is 1.43 bits per heavy atom. The van der Waals surface area contributed by atoms with Crippen LogP contribution in [0.15, 0.2) is 22.7 Å². The molecule has 0 bridgehead atoms. The Kier molecular flexibility index (Phi) is 2.87. The second-order valence-electron chi connectivity index (χ2n) is 3.92. The fourth-order valence-electron chi connectivity index (χ4n) is 2.04. The SMILES string of the molecule is OCC1(c2ccc(Cl)cc2Br)CCC1. The molecule has 0 saturated heterocycles. The number of rotatable bonds is 2. The van der Waals surface area contributed by atoms with Gasteiger partial charge in [0.2, 0.25) is 0 Å². The highest BCUT2D eigenvalue weighted by molar-refractivity contribution is 9.10. The van der Waals surface area contributed by atoms with Gasteiger partial charge in [-0.05, 0) is 30.5 Å². The van der Waals surface area contributed by atoms with Crippen LogP contribution in [-0.4, -0.2) is 11.7 Å². The maximum absolute atomic E-state index is 9.43. The average Bonchev–Trinajstić information content (AvgIpc) is 2.07. The van der Waals surface area contributed by atoms with Crippen molar-refractivity contribution in [2.75, 3.05) is 6.61 Å². The fourth-order valence-corrected chi connectivity index (χ4v) is 3.14. The molecule has 1 fully saturated rings. The van der Waals surface area contributed by atoms with Gasteiger partial charge in [-0.25, -0.2) is 0 Å². The van der Waals surface area contributed by atoms with Crippen LogP contribution in [0.4, 0.5) is 0 Å². The predicted octanol–water partition coefficient (Wildman–Crippen LogP) is 3.52. The summed E-state index contributed by atoms with van der Waals surface area (Å²) < 4.78 is 1.01. The number of hydrogen-bond donors (Lipinski definition) is 1. The third kappa shape index (κ3) is 1.60. The van der Waals surface area contributed by atoms with E-state index < -0.39 is 0 Å². The number of hydrogen-bond acceptors (Lipinski definition) is 1. The number of aliphatic hydroxyl groups excluding tert-OH is 1. The molecular weight excluding hydrogens is 263 g/mol. The smallest absolute Gasteiger partial charge is 0.0528 e. The summed E-state index contributed by atoms with van der Waals surface area (Å²) in [4.78, 5) is 0. The van der Waals surface area contributed by atoms with E-state index in [4.69, 9.17) is 11.6 Å². The molecule has 1 aliphatic carbocycles. The fraction of sp³-hybridized carbons (Fsp3) is 0.455. The summed E-state index contributed by atoms with van der Waals surface area (Å²) in [6.07, 6.45) is 3.35. The van der Waals surface area contributed by atoms with Gasteiger partial charge in [0.05, 0.1) is 6.61 Å². The Hall–Kier alpha value is -0.0500. The standard InChI is InChI=1S/C11H12BrClO/c12-10-6-8(13)2-3-9(10)11(7-14)4-1-5-11/h2-3,6,14H,1,4-5,7H2. The molecule has 0 unspecified atom stereocenters. The minimum atomic E-state index is -0.0105. The highest BCUT2D eigenvalue weighted by Crippen LogP contribution is 2.46. The van der Waals surface area contributed by atoms with Crippen molar-refractivity contribution >= 4 is 27.5 Å². The summed E-state index contributed by atoms with van der Waals surface area (Å²) in [6.45, 7) is 0.229. The molecule has 0 radical (unpaired) electrons. The lowest BCUT2D eigenvalue weighted by molar-refractivity contribution is 0.119. The number of halogens is 2. The molecule has 0 aromatic heterocycles. The Bertz CT molecular complexity index is 342. The lowest BCUT2D eigenvalue weighted by Crippen LogP contribution is -2.38. The van der Waals surface area contributed by atoms with Crippen LogP contribution in [0.3, 0.4) is 0 Å². The Morgan fingerprint density at radius 3 is 2.57 bits per heavy atom. The van der Waals surface area contributed by atoms with Crippen molar-refractivity contribution in [3.8, 4) is 0 Å². The molecule has 2 rings (SSSR count). The zero-order valence-corrected chi connectivity index (χ0v) is 10.1. The molecule has 3 heteroatoms. The van der Waals surface area contributed by atoms with E-state index in [1.165, 1.54) is 12.0 Å². The second kappa shape index (κ2) is 3.84. The zero-order chi connectivity index (χ0) is 10.2. The summed E-state index contributed by atoms with van der Waals surface area (Å²) in [5.74, 6) is 0. The van der Waals surface area contributed by atoms with E-state index in [9.17, 15) is 5.11 Å². The monoisotopic (exact) mass is 274 g/mol. The number of aliphatic hydroxyl groups is 1. The normalized spacial score (nSPS) is 19.1. The topological polar surface area (TPSA) is 20.2 Å². The quantitative estimate of drug-likeness (QED) is 0.875. The molecule has 1 aromatic rings. The lowest BCUT2D eigenvalue weighted by atomic mass is 9.65. The van der Waals surface area contributed by atoms with Gasteiger partial charge in [-0.3, -0.25) is 0 Å². The van der Waals surface area contributed by atoms with Crippen LogP contribution >= 0.6 is 27.5 Å². The first kappa shape index (κ1) is 10.5. The van der Waals surface area contributed by atoms with Crippen molar-refractivity contribution in [3.05, 3.63) is 33.3 Å². The van der Waals surface area contributed by atoms with E-state index in [-0.39, 0.29) is 12.0 Å². The van der Waals surface area contributed by atoms with E-state index in [1.54, 1.807) is 0 Å². The first-order valence-corrected chi connectivity index (χ1v) is 5.91. The van der Waals surface area contributed by atoms with Gasteiger partial charge < -0.3 is 5.11 Å². The molecule has 1 saturated carbocycles. The van der Waals surface area contributed by atoms with Crippen LogP contribution in [-0.2, 0) is 5.41 Å². The van der Waals surface area contributed by atoms with Gasteiger partial charge in [-0.1, -0.05) is 40.0 Å². The van der Waals surface area contributed by atoms with E-state index in [2.05, 4.69) is 15.9 Å². The van der Waals surface area contributed by atoms with Gasteiger partial charge in [-0.2, -0.15) is 0 Å². The first-order chi connectivity index (χ1) is 6.68. The first-order valence-electron chi connectivity index (χ1n) is 4.74. The second-order valence-corrected chi connectivity index (χ2v) is 5.21. The molecule has 0 amide bonds. The summed E-state index contributed by atoms with van der Waals surface area (Å²) in [5.41, 5.74) is 1.18. The van der Waals surface area contributed by atoms with Crippen LogP contribution in [0.25, 0.3) is 0 Å². The van der Waals surface area contributed by atoms with Crippen LogP contribution in [0.2, 0.25) is 5.02 Å². The van der Waals surface area contributed by atoms with Crippen molar-refractivity contribution in [2.45, 2.75) is 24.7 Å². The Morgan fingerprint density at radius 2 is 2.14 bits per heavy atom. The van der Waals surface area contributed by atoms with E-state index in [0.29, 0.717) is 0 Å².